The number of benzene rings is 2. The molecular formula is C21H21FN2O5S. The van der Waals surface area contributed by atoms with Gasteiger partial charge in [-0.25, -0.2) is 17.8 Å². The fraction of sp³-hybridized carbons (Fsp3) is 0.238. The molecule has 9 heteroatoms. The van der Waals surface area contributed by atoms with Crippen molar-refractivity contribution < 1.29 is 26.8 Å². The molecule has 1 amide bonds. The van der Waals surface area contributed by atoms with Gasteiger partial charge in [-0.3, -0.25) is 4.79 Å². The summed E-state index contributed by atoms with van der Waals surface area (Å²) in [5.74, 6) is -1.09. The molecule has 0 radical (unpaired) electrons. The molecular weight excluding hydrogens is 411 g/mol. The van der Waals surface area contributed by atoms with Crippen LogP contribution < -0.4 is 10.1 Å². The maximum absolute atomic E-state index is 13.2. The summed E-state index contributed by atoms with van der Waals surface area (Å²) in [6.07, 6.45) is 0. The Bertz CT molecular complexity index is 1190. The minimum atomic E-state index is -3.81. The van der Waals surface area contributed by atoms with Crippen molar-refractivity contribution >= 4 is 21.4 Å². The number of halogens is 1. The number of anilines is 1. The zero-order valence-corrected chi connectivity index (χ0v) is 17.5. The molecule has 1 heterocycles. The highest BCUT2D eigenvalue weighted by Crippen LogP contribution is 2.26. The Kier molecular flexibility index (Phi) is 6.21. The van der Waals surface area contributed by atoms with Gasteiger partial charge < -0.3 is 14.5 Å². The molecule has 0 aliphatic heterocycles. The predicted octanol–water partition coefficient (Wildman–Crippen LogP) is 3.66. The molecule has 158 valence electrons. The first kappa shape index (κ1) is 21.5. The predicted molar refractivity (Wildman–Crippen MR) is 110 cm³/mol. The molecule has 0 unspecified atom stereocenters. The van der Waals surface area contributed by atoms with Gasteiger partial charge in [-0.1, -0.05) is 6.07 Å². The number of hydrogen-bond acceptors (Lipinski definition) is 6. The molecule has 1 aromatic heterocycles. The van der Waals surface area contributed by atoms with Gasteiger partial charge in [0.1, 0.15) is 23.1 Å². The molecule has 0 bridgehead atoms. The number of nitrogens with one attached hydrogen (secondary N) is 1. The highest BCUT2D eigenvalue weighted by molar-refractivity contribution is 7.91. The smallest absolute Gasteiger partial charge is 0.239 e. The van der Waals surface area contributed by atoms with Gasteiger partial charge >= 0.3 is 0 Å². The van der Waals surface area contributed by atoms with Crippen LogP contribution in [0.25, 0.3) is 11.5 Å². The second-order valence-electron chi connectivity index (χ2n) is 6.79. The molecule has 7 nitrogen and oxygen atoms in total. The number of aromatic nitrogens is 1. The number of methoxy groups -OCH3 is 1. The Labute approximate surface area is 173 Å². The molecule has 1 N–H and O–H groups in total. The lowest BCUT2D eigenvalue weighted by Crippen LogP contribution is -2.24. The summed E-state index contributed by atoms with van der Waals surface area (Å²) in [6, 6.07) is 10.9. The van der Waals surface area contributed by atoms with Crippen molar-refractivity contribution in [3.8, 4) is 17.2 Å². The van der Waals surface area contributed by atoms with Gasteiger partial charge in [-0.15, -0.1) is 0 Å². The van der Waals surface area contributed by atoms with Gasteiger partial charge in [-0.05, 0) is 55.8 Å². The van der Waals surface area contributed by atoms with Gasteiger partial charge in [-0.2, -0.15) is 0 Å². The number of hydrogen-bond donors (Lipinski definition) is 1. The van der Waals surface area contributed by atoms with Crippen LogP contribution in [0.5, 0.6) is 5.75 Å². The van der Waals surface area contributed by atoms with E-state index >= 15 is 0 Å². The molecule has 0 saturated carbocycles. The third-order valence-corrected chi connectivity index (χ3v) is 5.79. The fourth-order valence-corrected chi connectivity index (χ4v) is 4.11. The average Bonchev–Trinajstić information content (AvgIpc) is 3.03. The van der Waals surface area contributed by atoms with E-state index in [-0.39, 0.29) is 11.6 Å². The minimum Gasteiger partial charge on any atom is -0.497 e. The van der Waals surface area contributed by atoms with Crippen molar-refractivity contribution in [2.45, 2.75) is 19.6 Å². The average molecular weight is 432 g/mol. The number of carbonyl (C=O) groups is 1. The maximum Gasteiger partial charge on any atom is 0.239 e. The van der Waals surface area contributed by atoms with Crippen molar-refractivity contribution in [1.29, 1.82) is 0 Å². The number of nitrogens with zero attached hydrogens (tertiary/aromatic N) is 1. The zero-order valence-electron chi connectivity index (χ0n) is 16.7. The van der Waals surface area contributed by atoms with E-state index in [0.717, 1.165) is 0 Å². The van der Waals surface area contributed by atoms with E-state index in [9.17, 15) is 17.6 Å². The van der Waals surface area contributed by atoms with Crippen molar-refractivity contribution in [1.82, 2.24) is 4.98 Å². The normalized spacial score (nSPS) is 11.3. The number of sulfone groups is 1. The van der Waals surface area contributed by atoms with Crippen LogP contribution in [0, 0.1) is 19.7 Å². The van der Waals surface area contributed by atoms with E-state index in [4.69, 9.17) is 9.15 Å². The number of aryl methyl sites for hydroxylation is 2. The summed E-state index contributed by atoms with van der Waals surface area (Å²) in [4.78, 5) is 16.5. The number of ether oxygens (including phenoxy) is 1. The molecule has 0 atom stereocenters. The summed E-state index contributed by atoms with van der Waals surface area (Å²) in [7, 11) is -2.27. The van der Waals surface area contributed by atoms with E-state index in [0.29, 0.717) is 28.3 Å². The van der Waals surface area contributed by atoms with E-state index in [1.54, 1.807) is 38.1 Å². The lowest BCUT2D eigenvalue weighted by atomic mass is 10.2. The largest absolute Gasteiger partial charge is 0.497 e. The third-order valence-electron chi connectivity index (χ3n) is 4.38. The lowest BCUT2D eigenvalue weighted by Gasteiger charge is -2.08. The van der Waals surface area contributed by atoms with Crippen LogP contribution in [0.3, 0.4) is 0 Å². The second-order valence-corrected chi connectivity index (χ2v) is 8.86. The monoisotopic (exact) mass is 432 g/mol. The van der Waals surface area contributed by atoms with Crippen molar-refractivity contribution in [3.63, 3.8) is 0 Å². The molecule has 0 saturated heterocycles. The SMILES string of the molecule is COc1cccc(-c2nc(CS(=O)(=O)CC(=O)Nc3ccc(F)cc3C)c(C)o2)c1. The first-order valence-corrected chi connectivity index (χ1v) is 10.9. The van der Waals surface area contributed by atoms with Crippen LogP contribution in [-0.2, 0) is 20.4 Å². The van der Waals surface area contributed by atoms with Crippen molar-refractivity contribution in [2.24, 2.45) is 0 Å². The Morgan fingerprint density at radius 2 is 1.97 bits per heavy atom. The topological polar surface area (TPSA) is 98.5 Å². The molecule has 0 fully saturated rings. The highest BCUT2D eigenvalue weighted by Gasteiger charge is 2.22. The molecule has 30 heavy (non-hydrogen) atoms. The van der Waals surface area contributed by atoms with Crippen molar-refractivity contribution in [2.75, 3.05) is 18.2 Å². The maximum atomic E-state index is 13.2. The van der Waals surface area contributed by atoms with Crippen LogP contribution in [0.1, 0.15) is 17.0 Å². The van der Waals surface area contributed by atoms with Crippen LogP contribution in [0.15, 0.2) is 46.9 Å². The van der Waals surface area contributed by atoms with Crippen LogP contribution in [0.4, 0.5) is 10.1 Å². The van der Waals surface area contributed by atoms with Gasteiger partial charge in [0.05, 0.1) is 18.6 Å². The Morgan fingerprint density at radius 1 is 1.20 bits per heavy atom. The van der Waals surface area contributed by atoms with Crippen molar-refractivity contribution in [3.05, 3.63) is 65.3 Å². The van der Waals surface area contributed by atoms with Crippen LogP contribution in [0.2, 0.25) is 0 Å². The van der Waals surface area contributed by atoms with E-state index < -0.39 is 33.1 Å². The highest BCUT2D eigenvalue weighted by atomic mass is 32.2. The second kappa shape index (κ2) is 8.66. The number of carbonyl (C=O) groups excluding carboxylic acids is 1. The summed E-state index contributed by atoms with van der Waals surface area (Å²) in [5.41, 5.74) is 1.73. The lowest BCUT2D eigenvalue weighted by molar-refractivity contribution is -0.113. The number of rotatable bonds is 7. The summed E-state index contributed by atoms with van der Waals surface area (Å²) >= 11 is 0. The molecule has 3 rings (SSSR count). The first-order valence-electron chi connectivity index (χ1n) is 9.04. The first-order chi connectivity index (χ1) is 14.2. The molecule has 2 aromatic carbocycles. The molecule has 0 spiro atoms. The fourth-order valence-electron chi connectivity index (χ4n) is 2.85. The Morgan fingerprint density at radius 3 is 2.67 bits per heavy atom. The Balaban J connectivity index is 1.72. The summed E-state index contributed by atoms with van der Waals surface area (Å²) in [6.45, 7) is 3.23. The van der Waals surface area contributed by atoms with Crippen LogP contribution in [-0.4, -0.2) is 32.2 Å². The summed E-state index contributed by atoms with van der Waals surface area (Å²) in [5, 5.41) is 2.50. The third kappa shape index (κ3) is 5.24. The minimum absolute atomic E-state index is 0.235. The van der Waals surface area contributed by atoms with E-state index in [1.807, 2.05) is 0 Å². The number of oxazole rings is 1. The quantitative estimate of drug-likeness (QED) is 0.612. The van der Waals surface area contributed by atoms with Crippen LogP contribution >= 0.6 is 0 Å². The molecule has 3 aromatic rings. The van der Waals surface area contributed by atoms with E-state index in [2.05, 4.69) is 10.3 Å². The van der Waals surface area contributed by atoms with Gasteiger partial charge in [0.15, 0.2) is 9.84 Å². The zero-order chi connectivity index (χ0) is 21.9. The summed E-state index contributed by atoms with van der Waals surface area (Å²) < 4.78 is 49.0. The Hall–Kier alpha value is -3.20. The van der Waals surface area contributed by atoms with Gasteiger partial charge in [0.25, 0.3) is 0 Å². The molecule has 0 aliphatic carbocycles. The van der Waals surface area contributed by atoms with Gasteiger partial charge in [0.2, 0.25) is 11.8 Å². The standard InChI is InChI=1S/C21H21FN2O5S/c1-13-9-16(22)7-8-18(13)23-20(25)12-30(26,27)11-19-14(2)29-21(24-19)15-5-4-6-17(10-15)28-3/h4-10H,11-12H2,1-3H3,(H,23,25). The molecule has 0 aliphatic rings. The van der Waals surface area contributed by atoms with Gasteiger partial charge in [0, 0.05) is 11.3 Å². The van der Waals surface area contributed by atoms with E-state index in [1.165, 1.54) is 25.3 Å². The number of amides is 1.